The van der Waals surface area contributed by atoms with Crippen molar-refractivity contribution in [1.82, 2.24) is 4.98 Å². The lowest BCUT2D eigenvalue weighted by Gasteiger charge is -2.11. The molecule has 0 saturated heterocycles. The summed E-state index contributed by atoms with van der Waals surface area (Å²) in [6, 6.07) is 2.85. The van der Waals surface area contributed by atoms with E-state index in [0.717, 1.165) is 22.0 Å². The van der Waals surface area contributed by atoms with Crippen LogP contribution in [0.4, 0.5) is 23.2 Å². The van der Waals surface area contributed by atoms with Crippen molar-refractivity contribution in [2.24, 2.45) is 0 Å². The Morgan fingerprint density at radius 1 is 1.32 bits per heavy atom. The van der Waals surface area contributed by atoms with Gasteiger partial charge in [0.25, 0.3) is 0 Å². The summed E-state index contributed by atoms with van der Waals surface area (Å²) in [5.74, 6) is -1.27. The summed E-state index contributed by atoms with van der Waals surface area (Å²) in [6.45, 7) is 2.20. The Balaban J connectivity index is 2.13. The molecule has 0 spiro atoms. The fourth-order valence-electron chi connectivity index (χ4n) is 1.53. The third kappa shape index (κ3) is 3.44. The van der Waals surface area contributed by atoms with Crippen LogP contribution in [-0.4, -0.2) is 4.98 Å². The van der Waals surface area contributed by atoms with Crippen LogP contribution in [0.15, 0.2) is 24.4 Å². The highest BCUT2D eigenvalue weighted by Gasteiger charge is 2.34. The van der Waals surface area contributed by atoms with E-state index in [-0.39, 0.29) is 5.69 Å². The Labute approximate surface area is 111 Å². The van der Waals surface area contributed by atoms with Gasteiger partial charge in [-0.05, 0) is 25.1 Å². The monoisotopic (exact) mass is 290 g/mol. The van der Waals surface area contributed by atoms with Gasteiger partial charge < -0.3 is 5.32 Å². The summed E-state index contributed by atoms with van der Waals surface area (Å²) in [4.78, 5) is 4.94. The lowest BCUT2D eigenvalue weighted by molar-refractivity contribution is -0.139. The molecule has 0 aliphatic carbocycles. The normalized spacial score (nSPS) is 11.6. The zero-order valence-electron chi connectivity index (χ0n) is 9.88. The zero-order chi connectivity index (χ0) is 14.0. The van der Waals surface area contributed by atoms with Gasteiger partial charge in [0, 0.05) is 16.8 Å². The van der Waals surface area contributed by atoms with Crippen LogP contribution in [0.25, 0.3) is 0 Å². The van der Waals surface area contributed by atoms with E-state index in [1.807, 2.05) is 6.92 Å². The van der Waals surface area contributed by atoms with Crippen LogP contribution in [-0.2, 0) is 12.7 Å². The second kappa shape index (κ2) is 5.16. The average molecular weight is 290 g/mol. The van der Waals surface area contributed by atoms with E-state index in [1.165, 1.54) is 17.4 Å². The second-order valence-electron chi connectivity index (χ2n) is 3.89. The number of alkyl halides is 3. The van der Waals surface area contributed by atoms with E-state index in [4.69, 9.17) is 0 Å². The SMILES string of the molecule is Cc1ncc(CNc2ccc(F)c(C(F)(F)F)c2)s1. The Kier molecular flexibility index (Phi) is 3.75. The highest BCUT2D eigenvalue weighted by Crippen LogP contribution is 2.33. The number of hydrogen-bond donors (Lipinski definition) is 1. The summed E-state index contributed by atoms with van der Waals surface area (Å²) in [5, 5.41) is 3.70. The number of aryl methyl sites for hydroxylation is 1. The van der Waals surface area contributed by atoms with Crippen LogP contribution < -0.4 is 5.32 Å². The maximum atomic E-state index is 13.1. The Morgan fingerprint density at radius 2 is 2.05 bits per heavy atom. The minimum absolute atomic E-state index is 0.222. The largest absolute Gasteiger partial charge is 0.419 e. The minimum atomic E-state index is -4.69. The lowest BCUT2D eigenvalue weighted by Crippen LogP contribution is -2.09. The molecule has 102 valence electrons. The van der Waals surface area contributed by atoms with Gasteiger partial charge in [-0.3, -0.25) is 0 Å². The molecular weight excluding hydrogens is 280 g/mol. The highest BCUT2D eigenvalue weighted by molar-refractivity contribution is 7.11. The van der Waals surface area contributed by atoms with Gasteiger partial charge in [0.15, 0.2) is 0 Å². The first-order chi connectivity index (χ1) is 8.86. The highest BCUT2D eigenvalue weighted by atomic mass is 32.1. The van der Waals surface area contributed by atoms with E-state index in [2.05, 4.69) is 10.3 Å². The van der Waals surface area contributed by atoms with Gasteiger partial charge in [-0.25, -0.2) is 9.37 Å². The summed E-state index contributed by atoms with van der Waals surface area (Å²) in [7, 11) is 0. The molecule has 0 aliphatic rings. The molecule has 0 bridgehead atoms. The molecule has 1 N–H and O–H groups in total. The molecule has 2 rings (SSSR count). The molecule has 7 heteroatoms. The molecule has 2 nitrogen and oxygen atoms in total. The molecule has 0 radical (unpaired) electrons. The van der Waals surface area contributed by atoms with Gasteiger partial charge in [0.05, 0.1) is 17.1 Å². The molecule has 2 aromatic rings. The summed E-state index contributed by atoms with van der Waals surface area (Å²) in [6.07, 6.45) is -3.04. The van der Waals surface area contributed by atoms with Crippen LogP contribution in [0.3, 0.4) is 0 Å². The Bertz CT molecular complexity index is 577. The smallest absolute Gasteiger partial charge is 0.380 e. The molecule has 1 aromatic carbocycles. The lowest BCUT2D eigenvalue weighted by atomic mass is 10.2. The third-order valence-corrected chi connectivity index (χ3v) is 3.32. The summed E-state index contributed by atoms with van der Waals surface area (Å²) >= 11 is 1.45. The van der Waals surface area contributed by atoms with Crippen molar-refractivity contribution < 1.29 is 17.6 Å². The van der Waals surface area contributed by atoms with Gasteiger partial charge in [-0.1, -0.05) is 0 Å². The third-order valence-electron chi connectivity index (χ3n) is 2.41. The average Bonchev–Trinajstić information content (AvgIpc) is 2.72. The molecule has 0 saturated carbocycles. The molecule has 0 fully saturated rings. The molecule has 1 heterocycles. The Hall–Kier alpha value is -1.63. The van der Waals surface area contributed by atoms with Gasteiger partial charge >= 0.3 is 6.18 Å². The molecule has 19 heavy (non-hydrogen) atoms. The molecule has 0 atom stereocenters. The number of rotatable bonds is 3. The van der Waals surface area contributed by atoms with Gasteiger partial charge in [0.1, 0.15) is 5.82 Å². The number of aromatic nitrogens is 1. The number of anilines is 1. The first-order valence-corrected chi connectivity index (χ1v) is 6.20. The van der Waals surface area contributed by atoms with Crippen LogP contribution in [0.2, 0.25) is 0 Å². The number of hydrogen-bond acceptors (Lipinski definition) is 3. The molecule has 0 amide bonds. The number of halogens is 4. The van der Waals surface area contributed by atoms with Crippen molar-refractivity contribution >= 4 is 17.0 Å². The summed E-state index contributed by atoms with van der Waals surface area (Å²) in [5.41, 5.74) is -1.04. The maximum absolute atomic E-state index is 13.1. The van der Waals surface area contributed by atoms with E-state index in [0.29, 0.717) is 6.54 Å². The van der Waals surface area contributed by atoms with Gasteiger partial charge in [-0.15, -0.1) is 11.3 Å². The van der Waals surface area contributed by atoms with E-state index >= 15 is 0 Å². The Morgan fingerprint density at radius 3 is 2.63 bits per heavy atom. The number of benzene rings is 1. The van der Waals surface area contributed by atoms with E-state index in [9.17, 15) is 17.6 Å². The zero-order valence-corrected chi connectivity index (χ0v) is 10.7. The summed E-state index contributed by atoms with van der Waals surface area (Å²) < 4.78 is 50.6. The topological polar surface area (TPSA) is 24.9 Å². The van der Waals surface area contributed by atoms with Crippen molar-refractivity contribution in [3.63, 3.8) is 0 Å². The van der Waals surface area contributed by atoms with Crippen molar-refractivity contribution in [1.29, 1.82) is 0 Å². The first kappa shape index (κ1) is 13.8. The molecule has 0 aliphatic heterocycles. The van der Waals surface area contributed by atoms with Crippen LogP contribution in [0.5, 0.6) is 0 Å². The van der Waals surface area contributed by atoms with E-state index < -0.39 is 17.6 Å². The number of nitrogens with zero attached hydrogens (tertiary/aromatic N) is 1. The fourth-order valence-corrected chi connectivity index (χ4v) is 2.26. The predicted molar refractivity (Wildman–Crippen MR) is 65.6 cm³/mol. The van der Waals surface area contributed by atoms with Crippen LogP contribution in [0, 0.1) is 12.7 Å². The number of nitrogens with one attached hydrogen (secondary N) is 1. The first-order valence-electron chi connectivity index (χ1n) is 5.38. The minimum Gasteiger partial charge on any atom is -0.380 e. The predicted octanol–water partition coefficient (Wildman–Crippen LogP) is 4.22. The number of thiazole rings is 1. The van der Waals surface area contributed by atoms with Gasteiger partial charge in [0.2, 0.25) is 0 Å². The molecular formula is C12H10F4N2S. The van der Waals surface area contributed by atoms with Gasteiger partial charge in [-0.2, -0.15) is 13.2 Å². The van der Waals surface area contributed by atoms with Crippen molar-refractivity contribution in [2.75, 3.05) is 5.32 Å². The van der Waals surface area contributed by atoms with E-state index in [1.54, 1.807) is 6.20 Å². The van der Waals surface area contributed by atoms with Crippen molar-refractivity contribution in [3.05, 3.63) is 45.7 Å². The second-order valence-corrected chi connectivity index (χ2v) is 5.21. The van der Waals surface area contributed by atoms with Crippen LogP contribution in [0.1, 0.15) is 15.4 Å². The van der Waals surface area contributed by atoms with Crippen LogP contribution >= 0.6 is 11.3 Å². The fraction of sp³-hybridized carbons (Fsp3) is 0.250. The van der Waals surface area contributed by atoms with Crippen molar-refractivity contribution in [3.8, 4) is 0 Å². The quantitative estimate of drug-likeness (QED) is 0.856. The molecule has 1 aromatic heterocycles. The van der Waals surface area contributed by atoms with Crippen molar-refractivity contribution in [2.45, 2.75) is 19.6 Å². The maximum Gasteiger partial charge on any atom is 0.419 e. The molecule has 0 unspecified atom stereocenters. The standard InChI is InChI=1S/C12H10F4N2S/c1-7-17-5-9(19-7)6-18-8-2-3-11(13)10(4-8)12(14,15)16/h2-5,18H,6H2,1H3.